The van der Waals surface area contributed by atoms with Crippen molar-refractivity contribution in [3.63, 3.8) is 0 Å². The number of aliphatic hydroxyl groups excluding tert-OH is 1. The number of hydrogen-bond acceptors (Lipinski definition) is 4. The zero-order valence-electron chi connectivity index (χ0n) is 8.08. The largest absolute Gasteiger partial charge is 0.450 e. The van der Waals surface area contributed by atoms with Crippen LogP contribution in [0.5, 0.6) is 0 Å². The van der Waals surface area contributed by atoms with Gasteiger partial charge >= 0.3 is 6.09 Å². The van der Waals surface area contributed by atoms with Gasteiger partial charge in [0.05, 0.1) is 19.3 Å². The molecule has 0 spiro atoms. The van der Waals surface area contributed by atoms with Crippen LogP contribution in [0.1, 0.15) is 13.3 Å². The molecular weight excluding hydrogens is 174 g/mol. The van der Waals surface area contributed by atoms with E-state index in [4.69, 9.17) is 9.84 Å². The number of methoxy groups -OCH3 is 1. The van der Waals surface area contributed by atoms with Crippen molar-refractivity contribution in [3.8, 4) is 0 Å². The van der Waals surface area contributed by atoms with Crippen LogP contribution in [0.15, 0.2) is 0 Å². The Morgan fingerprint density at radius 3 is 2.77 bits per heavy atom. The molecule has 0 aromatic heterocycles. The van der Waals surface area contributed by atoms with Gasteiger partial charge < -0.3 is 19.9 Å². The quantitative estimate of drug-likeness (QED) is 0.626. The van der Waals surface area contributed by atoms with E-state index in [1.807, 2.05) is 0 Å². The van der Waals surface area contributed by atoms with Gasteiger partial charge in [0.2, 0.25) is 0 Å². The minimum Gasteiger partial charge on any atom is -0.450 e. The van der Waals surface area contributed by atoms with Crippen molar-refractivity contribution in [3.05, 3.63) is 0 Å². The van der Waals surface area contributed by atoms with Crippen LogP contribution < -0.4 is 5.32 Å². The third-order valence-corrected chi connectivity index (χ3v) is 1.44. The molecule has 0 rings (SSSR count). The number of alkyl carbamates (subject to hydrolysis) is 1. The highest BCUT2D eigenvalue weighted by Gasteiger charge is 2.11. The molecule has 0 bridgehead atoms. The summed E-state index contributed by atoms with van der Waals surface area (Å²) in [6.07, 6.45) is -0.00914. The molecule has 13 heavy (non-hydrogen) atoms. The summed E-state index contributed by atoms with van der Waals surface area (Å²) in [5, 5.41) is 11.2. The molecule has 0 aromatic rings. The van der Waals surface area contributed by atoms with E-state index in [0.717, 1.165) is 0 Å². The molecule has 5 nitrogen and oxygen atoms in total. The molecule has 0 aromatic carbocycles. The predicted octanol–water partition coefficient (Wildman–Crippen LogP) is 0.130. The number of aliphatic hydroxyl groups is 1. The fourth-order valence-electron chi connectivity index (χ4n) is 0.894. The Morgan fingerprint density at radius 2 is 2.31 bits per heavy atom. The molecule has 0 heterocycles. The molecule has 0 aliphatic carbocycles. The highest BCUT2D eigenvalue weighted by molar-refractivity contribution is 5.67. The Balaban J connectivity index is 3.71. The summed E-state index contributed by atoms with van der Waals surface area (Å²) in [4.78, 5) is 10.9. The van der Waals surface area contributed by atoms with E-state index in [-0.39, 0.29) is 12.6 Å². The second kappa shape index (κ2) is 7.82. The molecule has 78 valence electrons. The smallest absolute Gasteiger partial charge is 0.407 e. The summed E-state index contributed by atoms with van der Waals surface area (Å²) in [5.74, 6) is 0. The van der Waals surface area contributed by atoms with E-state index in [2.05, 4.69) is 10.1 Å². The number of carbonyl (C=O) groups is 1. The van der Waals surface area contributed by atoms with Crippen molar-refractivity contribution in [1.82, 2.24) is 5.32 Å². The van der Waals surface area contributed by atoms with Crippen molar-refractivity contribution < 1.29 is 19.4 Å². The lowest BCUT2D eigenvalue weighted by molar-refractivity contribution is 0.121. The Labute approximate surface area is 78.0 Å². The van der Waals surface area contributed by atoms with Crippen LogP contribution in [0.4, 0.5) is 4.79 Å². The molecule has 1 atom stereocenters. The van der Waals surface area contributed by atoms with Crippen molar-refractivity contribution in [2.75, 3.05) is 26.9 Å². The van der Waals surface area contributed by atoms with Gasteiger partial charge in [0.25, 0.3) is 0 Å². The number of amides is 1. The number of ether oxygens (including phenoxy) is 2. The first-order valence-electron chi connectivity index (χ1n) is 4.27. The maximum Gasteiger partial charge on any atom is 0.407 e. The zero-order valence-corrected chi connectivity index (χ0v) is 8.08. The van der Waals surface area contributed by atoms with Gasteiger partial charge in [0.15, 0.2) is 0 Å². The van der Waals surface area contributed by atoms with Gasteiger partial charge in [-0.05, 0) is 13.3 Å². The number of rotatable bonds is 6. The first-order valence-corrected chi connectivity index (χ1v) is 4.27. The fraction of sp³-hybridized carbons (Fsp3) is 0.875. The van der Waals surface area contributed by atoms with Crippen molar-refractivity contribution in [2.45, 2.75) is 19.4 Å². The Bertz CT molecular complexity index is 134. The third-order valence-electron chi connectivity index (χ3n) is 1.44. The third kappa shape index (κ3) is 6.36. The van der Waals surface area contributed by atoms with E-state index >= 15 is 0 Å². The van der Waals surface area contributed by atoms with Gasteiger partial charge in [-0.2, -0.15) is 0 Å². The van der Waals surface area contributed by atoms with Crippen LogP contribution >= 0.6 is 0 Å². The average Bonchev–Trinajstić information content (AvgIpc) is 2.05. The van der Waals surface area contributed by atoms with Gasteiger partial charge in [0, 0.05) is 13.7 Å². The predicted molar refractivity (Wildman–Crippen MR) is 47.5 cm³/mol. The minimum atomic E-state index is -0.474. The molecule has 1 unspecified atom stereocenters. The summed E-state index contributed by atoms with van der Waals surface area (Å²) in [6.45, 7) is 2.46. The molecule has 0 saturated heterocycles. The Morgan fingerprint density at radius 1 is 1.62 bits per heavy atom. The molecular formula is C8H17NO4. The SMILES string of the molecule is CCOC(=O)NC(CCO)COC. The summed E-state index contributed by atoms with van der Waals surface area (Å²) in [5.41, 5.74) is 0. The van der Waals surface area contributed by atoms with Gasteiger partial charge in [-0.3, -0.25) is 0 Å². The van der Waals surface area contributed by atoms with Crippen LogP contribution in [0.3, 0.4) is 0 Å². The van der Waals surface area contributed by atoms with E-state index in [1.54, 1.807) is 6.92 Å². The number of hydrogen-bond donors (Lipinski definition) is 2. The first kappa shape index (κ1) is 12.2. The number of carbonyl (C=O) groups excluding carboxylic acids is 1. The summed E-state index contributed by atoms with van der Waals surface area (Å²) >= 11 is 0. The molecule has 0 aliphatic heterocycles. The Kier molecular flexibility index (Phi) is 7.33. The maximum atomic E-state index is 10.9. The average molecular weight is 191 g/mol. The van der Waals surface area contributed by atoms with Gasteiger partial charge in [-0.25, -0.2) is 4.79 Å². The fourth-order valence-corrected chi connectivity index (χ4v) is 0.894. The van der Waals surface area contributed by atoms with Crippen LogP contribution in [-0.2, 0) is 9.47 Å². The van der Waals surface area contributed by atoms with Crippen LogP contribution in [-0.4, -0.2) is 44.2 Å². The van der Waals surface area contributed by atoms with E-state index in [9.17, 15) is 4.79 Å². The highest BCUT2D eigenvalue weighted by atomic mass is 16.5. The van der Waals surface area contributed by atoms with Gasteiger partial charge in [0.1, 0.15) is 0 Å². The standard InChI is InChI=1S/C8H17NO4/c1-3-13-8(11)9-7(4-5-10)6-12-2/h7,10H,3-6H2,1-2H3,(H,9,11). The lowest BCUT2D eigenvalue weighted by Crippen LogP contribution is -2.39. The molecule has 1 amide bonds. The van der Waals surface area contributed by atoms with Crippen LogP contribution in [0.25, 0.3) is 0 Å². The molecule has 0 aliphatic rings. The molecule has 2 N–H and O–H groups in total. The monoisotopic (exact) mass is 191 g/mol. The van der Waals surface area contributed by atoms with Crippen molar-refractivity contribution in [1.29, 1.82) is 0 Å². The second-order valence-electron chi connectivity index (χ2n) is 2.53. The lowest BCUT2D eigenvalue weighted by Gasteiger charge is -2.15. The first-order chi connectivity index (χ1) is 6.24. The summed E-state index contributed by atoms with van der Waals surface area (Å²) in [7, 11) is 1.54. The van der Waals surface area contributed by atoms with E-state index in [0.29, 0.717) is 19.6 Å². The number of nitrogens with one attached hydrogen (secondary N) is 1. The molecule has 5 heteroatoms. The van der Waals surface area contributed by atoms with E-state index < -0.39 is 6.09 Å². The highest BCUT2D eigenvalue weighted by Crippen LogP contribution is 1.92. The van der Waals surface area contributed by atoms with Crippen LogP contribution in [0.2, 0.25) is 0 Å². The maximum absolute atomic E-state index is 10.9. The Hall–Kier alpha value is -0.810. The van der Waals surface area contributed by atoms with Crippen molar-refractivity contribution in [2.24, 2.45) is 0 Å². The van der Waals surface area contributed by atoms with Gasteiger partial charge in [-0.15, -0.1) is 0 Å². The second-order valence-corrected chi connectivity index (χ2v) is 2.53. The topological polar surface area (TPSA) is 67.8 Å². The molecule has 0 radical (unpaired) electrons. The lowest BCUT2D eigenvalue weighted by atomic mass is 10.2. The van der Waals surface area contributed by atoms with Crippen LogP contribution in [0, 0.1) is 0 Å². The molecule has 0 fully saturated rings. The summed E-state index contributed by atoms with van der Waals surface area (Å²) < 4.78 is 9.53. The minimum absolute atomic E-state index is 0.0143. The van der Waals surface area contributed by atoms with Crippen molar-refractivity contribution >= 4 is 6.09 Å². The van der Waals surface area contributed by atoms with E-state index in [1.165, 1.54) is 7.11 Å². The zero-order chi connectivity index (χ0) is 10.1. The normalized spacial score (nSPS) is 12.2. The van der Waals surface area contributed by atoms with Gasteiger partial charge in [-0.1, -0.05) is 0 Å². The molecule has 0 saturated carbocycles. The summed E-state index contributed by atoms with van der Waals surface area (Å²) in [6, 6.07) is -0.186.